The zero-order valence-electron chi connectivity index (χ0n) is 18.0. The van der Waals surface area contributed by atoms with Crippen molar-refractivity contribution in [2.24, 2.45) is 0 Å². The number of hydrogen-bond acceptors (Lipinski definition) is 5. The van der Waals surface area contributed by atoms with Crippen molar-refractivity contribution in [1.82, 2.24) is 9.80 Å². The van der Waals surface area contributed by atoms with Crippen molar-refractivity contribution in [2.75, 3.05) is 58.4 Å². The Bertz CT molecular complexity index is 831. The fourth-order valence-electron chi connectivity index (χ4n) is 4.70. The first kappa shape index (κ1) is 20.9. The van der Waals surface area contributed by atoms with Crippen LogP contribution in [0.1, 0.15) is 18.4 Å². The molecular formula is C24H32FN3O2. The van der Waals surface area contributed by atoms with E-state index in [0.717, 1.165) is 63.0 Å². The summed E-state index contributed by atoms with van der Waals surface area (Å²) in [5.74, 6) is 1.60. The Morgan fingerprint density at radius 1 is 0.900 bits per heavy atom. The Labute approximate surface area is 179 Å². The van der Waals surface area contributed by atoms with Gasteiger partial charge in [0.25, 0.3) is 0 Å². The van der Waals surface area contributed by atoms with E-state index in [0.29, 0.717) is 6.04 Å². The molecule has 2 heterocycles. The van der Waals surface area contributed by atoms with Crippen molar-refractivity contribution < 1.29 is 13.9 Å². The molecule has 0 unspecified atom stereocenters. The number of likely N-dealkylation sites (tertiary alicyclic amines) is 1. The van der Waals surface area contributed by atoms with Crippen LogP contribution in [0.2, 0.25) is 0 Å². The molecule has 6 heteroatoms. The molecule has 0 atom stereocenters. The largest absolute Gasteiger partial charge is 0.497 e. The number of rotatable bonds is 6. The van der Waals surface area contributed by atoms with Gasteiger partial charge in [0.05, 0.1) is 19.9 Å². The van der Waals surface area contributed by atoms with Gasteiger partial charge in [0.2, 0.25) is 0 Å². The molecule has 2 aliphatic rings. The molecule has 30 heavy (non-hydrogen) atoms. The van der Waals surface area contributed by atoms with Crippen molar-refractivity contribution in [3.05, 3.63) is 53.8 Å². The Morgan fingerprint density at radius 2 is 1.63 bits per heavy atom. The number of halogens is 1. The van der Waals surface area contributed by atoms with Gasteiger partial charge in [-0.05, 0) is 44.1 Å². The van der Waals surface area contributed by atoms with Gasteiger partial charge in [-0.1, -0.05) is 18.2 Å². The van der Waals surface area contributed by atoms with Crippen LogP contribution in [0.25, 0.3) is 0 Å². The second-order valence-electron chi connectivity index (χ2n) is 8.16. The van der Waals surface area contributed by atoms with Gasteiger partial charge in [-0.15, -0.1) is 0 Å². The lowest BCUT2D eigenvalue weighted by Gasteiger charge is -2.43. The fraction of sp³-hybridized carbons (Fsp3) is 0.500. The van der Waals surface area contributed by atoms with Crippen molar-refractivity contribution in [1.29, 1.82) is 0 Å². The highest BCUT2D eigenvalue weighted by atomic mass is 19.1. The molecule has 2 aromatic rings. The molecule has 0 bridgehead atoms. The molecule has 0 spiro atoms. The van der Waals surface area contributed by atoms with Gasteiger partial charge in [0.1, 0.15) is 17.3 Å². The van der Waals surface area contributed by atoms with E-state index in [9.17, 15) is 4.39 Å². The second kappa shape index (κ2) is 9.67. The summed E-state index contributed by atoms with van der Waals surface area (Å²) in [4.78, 5) is 7.29. The summed E-state index contributed by atoms with van der Waals surface area (Å²) in [6, 6.07) is 13.8. The lowest BCUT2D eigenvalue weighted by Crippen LogP contribution is -2.53. The first-order valence-corrected chi connectivity index (χ1v) is 10.8. The normalized spacial score (nSPS) is 19.1. The average Bonchev–Trinajstić information content (AvgIpc) is 2.80. The maximum absolute atomic E-state index is 14.1. The molecule has 4 rings (SSSR count). The maximum atomic E-state index is 14.1. The molecule has 2 fully saturated rings. The highest BCUT2D eigenvalue weighted by Gasteiger charge is 2.28. The molecule has 2 saturated heterocycles. The number of methoxy groups -OCH3 is 2. The minimum Gasteiger partial charge on any atom is -0.497 e. The van der Waals surface area contributed by atoms with E-state index in [1.807, 2.05) is 24.3 Å². The molecule has 0 aliphatic carbocycles. The molecule has 2 aromatic carbocycles. The number of nitrogens with zero attached hydrogens (tertiary/aromatic N) is 3. The third-order valence-electron chi connectivity index (χ3n) is 6.47. The van der Waals surface area contributed by atoms with Gasteiger partial charge in [-0.2, -0.15) is 0 Å². The van der Waals surface area contributed by atoms with Crippen LogP contribution < -0.4 is 14.4 Å². The predicted octanol–water partition coefficient (Wildman–Crippen LogP) is 3.63. The molecule has 5 nitrogen and oxygen atoms in total. The van der Waals surface area contributed by atoms with Gasteiger partial charge < -0.3 is 14.4 Å². The van der Waals surface area contributed by atoms with Gasteiger partial charge in [0, 0.05) is 50.4 Å². The molecular weight excluding hydrogens is 381 g/mol. The summed E-state index contributed by atoms with van der Waals surface area (Å²) < 4.78 is 24.9. The van der Waals surface area contributed by atoms with Gasteiger partial charge in [-0.25, -0.2) is 4.39 Å². The molecule has 2 aliphatic heterocycles. The second-order valence-corrected chi connectivity index (χ2v) is 8.16. The quantitative estimate of drug-likeness (QED) is 0.721. The van der Waals surface area contributed by atoms with E-state index in [1.54, 1.807) is 26.4 Å². The zero-order chi connectivity index (χ0) is 20.9. The van der Waals surface area contributed by atoms with Gasteiger partial charge in [-0.3, -0.25) is 9.80 Å². The summed E-state index contributed by atoms with van der Waals surface area (Å²) in [5, 5.41) is 0. The van der Waals surface area contributed by atoms with Crippen molar-refractivity contribution in [3.8, 4) is 11.5 Å². The summed E-state index contributed by atoms with van der Waals surface area (Å²) in [6.45, 7) is 6.88. The topological polar surface area (TPSA) is 28.2 Å². The van der Waals surface area contributed by atoms with Gasteiger partial charge in [0.15, 0.2) is 0 Å². The molecule has 0 aromatic heterocycles. The van der Waals surface area contributed by atoms with Crippen LogP contribution in [0, 0.1) is 5.82 Å². The number of hydrogen-bond donors (Lipinski definition) is 0. The van der Waals surface area contributed by atoms with Crippen LogP contribution in [-0.4, -0.2) is 69.3 Å². The van der Waals surface area contributed by atoms with Crippen LogP contribution >= 0.6 is 0 Å². The van der Waals surface area contributed by atoms with E-state index in [-0.39, 0.29) is 5.82 Å². The third-order valence-corrected chi connectivity index (χ3v) is 6.47. The predicted molar refractivity (Wildman–Crippen MR) is 118 cm³/mol. The van der Waals surface area contributed by atoms with Crippen LogP contribution in [0.4, 0.5) is 10.1 Å². The van der Waals surface area contributed by atoms with Crippen LogP contribution in [-0.2, 0) is 6.54 Å². The molecule has 0 radical (unpaired) electrons. The van der Waals surface area contributed by atoms with Crippen LogP contribution in [0.5, 0.6) is 11.5 Å². The first-order chi connectivity index (χ1) is 14.7. The average molecular weight is 414 g/mol. The van der Waals surface area contributed by atoms with Gasteiger partial charge >= 0.3 is 0 Å². The first-order valence-electron chi connectivity index (χ1n) is 10.8. The summed E-state index contributed by atoms with van der Waals surface area (Å²) in [7, 11) is 3.39. The van der Waals surface area contributed by atoms with Crippen molar-refractivity contribution in [2.45, 2.75) is 25.4 Å². The lowest BCUT2D eigenvalue weighted by atomic mass is 10.0. The number of ether oxygens (including phenoxy) is 2. The van der Waals surface area contributed by atoms with Crippen molar-refractivity contribution >= 4 is 5.69 Å². The highest BCUT2D eigenvalue weighted by Crippen LogP contribution is 2.28. The summed E-state index contributed by atoms with van der Waals surface area (Å²) in [5.41, 5.74) is 1.94. The minimum atomic E-state index is -0.117. The Morgan fingerprint density at radius 3 is 2.30 bits per heavy atom. The standard InChI is InChI=1S/C24H32FN3O2/c1-29-21-8-7-19(24(17-21)30-2)18-26-11-9-20(10-12-26)27-13-15-28(16-14-27)23-6-4-3-5-22(23)25/h3-8,17,20H,9-16,18H2,1-2H3. The van der Waals surface area contributed by atoms with Crippen LogP contribution in [0.15, 0.2) is 42.5 Å². The van der Waals surface area contributed by atoms with E-state index in [2.05, 4.69) is 20.8 Å². The number of piperazine rings is 1. The minimum absolute atomic E-state index is 0.117. The molecule has 0 N–H and O–H groups in total. The van der Waals surface area contributed by atoms with Crippen molar-refractivity contribution in [3.63, 3.8) is 0 Å². The smallest absolute Gasteiger partial charge is 0.146 e. The highest BCUT2D eigenvalue weighted by molar-refractivity contribution is 5.48. The lowest BCUT2D eigenvalue weighted by molar-refractivity contribution is 0.0993. The molecule has 0 amide bonds. The third kappa shape index (κ3) is 4.71. The Balaban J connectivity index is 1.27. The van der Waals surface area contributed by atoms with E-state index < -0.39 is 0 Å². The number of benzene rings is 2. The van der Waals surface area contributed by atoms with Crippen LogP contribution in [0.3, 0.4) is 0 Å². The number of para-hydroxylation sites is 1. The summed E-state index contributed by atoms with van der Waals surface area (Å²) in [6.07, 6.45) is 2.36. The Kier molecular flexibility index (Phi) is 6.75. The molecule has 162 valence electrons. The Hall–Kier alpha value is -2.31. The molecule has 0 saturated carbocycles. The monoisotopic (exact) mass is 413 g/mol. The van der Waals surface area contributed by atoms with E-state index in [1.165, 1.54) is 18.4 Å². The number of piperidine rings is 1. The summed E-state index contributed by atoms with van der Waals surface area (Å²) >= 11 is 0. The SMILES string of the molecule is COc1ccc(CN2CCC(N3CCN(c4ccccc4F)CC3)CC2)c(OC)c1. The fourth-order valence-corrected chi connectivity index (χ4v) is 4.70. The van der Waals surface area contributed by atoms with E-state index >= 15 is 0 Å². The van der Waals surface area contributed by atoms with E-state index in [4.69, 9.17) is 9.47 Å². The zero-order valence-corrected chi connectivity index (χ0v) is 18.0. The maximum Gasteiger partial charge on any atom is 0.146 e. The number of anilines is 1.